The van der Waals surface area contributed by atoms with Crippen LogP contribution in [-0.2, 0) is 22.3 Å². The highest BCUT2D eigenvalue weighted by atomic mass is 19.4. The molecule has 1 aliphatic heterocycles. The quantitative estimate of drug-likeness (QED) is 0.795. The molecule has 0 spiro atoms. The first kappa shape index (κ1) is 21.1. The molecule has 0 aliphatic carbocycles. The SMILES string of the molecule is COCC(=O)Nc1cc(C(F)(F)F)ccc1N1CCN(Cc2ccccc2)CC1. The van der Waals surface area contributed by atoms with Crippen LogP contribution in [0, 0.1) is 0 Å². The summed E-state index contributed by atoms with van der Waals surface area (Å²) in [5.41, 5.74) is 1.17. The molecule has 2 aromatic rings. The second-order valence-electron chi connectivity index (χ2n) is 6.96. The zero-order valence-corrected chi connectivity index (χ0v) is 16.2. The standard InChI is InChI=1S/C21H24F3N3O2/c1-29-15-20(28)25-18-13-17(21(22,23)24)7-8-19(18)27-11-9-26(10-12-27)14-16-5-3-2-4-6-16/h2-8,13H,9-12,14-15H2,1H3,(H,25,28). The topological polar surface area (TPSA) is 44.8 Å². The number of nitrogens with one attached hydrogen (secondary N) is 1. The predicted molar refractivity (Wildman–Crippen MR) is 106 cm³/mol. The van der Waals surface area contributed by atoms with E-state index in [4.69, 9.17) is 4.74 Å². The van der Waals surface area contributed by atoms with Crippen molar-refractivity contribution in [3.8, 4) is 0 Å². The normalized spacial score (nSPS) is 15.4. The summed E-state index contributed by atoms with van der Waals surface area (Å²) in [5.74, 6) is -0.490. The van der Waals surface area contributed by atoms with E-state index < -0.39 is 17.6 Å². The van der Waals surface area contributed by atoms with Crippen LogP contribution >= 0.6 is 0 Å². The third kappa shape index (κ3) is 5.71. The van der Waals surface area contributed by atoms with Crippen LogP contribution in [0.4, 0.5) is 24.5 Å². The van der Waals surface area contributed by atoms with Gasteiger partial charge in [0.2, 0.25) is 5.91 Å². The number of methoxy groups -OCH3 is 1. The lowest BCUT2D eigenvalue weighted by molar-refractivity contribution is -0.137. The van der Waals surface area contributed by atoms with E-state index >= 15 is 0 Å². The summed E-state index contributed by atoms with van der Waals surface area (Å²) in [6.07, 6.45) is -4.48. The Morgan fingerprint density at radius 3 is 2.38 bits per heavy atom. The molecule has 0 aromatic heterocycles. The Bertz CT molecular complexity index is 820. The molecule has 1 aliphatic rings. The lowest BCUT2D eigenvalue weighted by atomic mass is 10.1. The maximum Gasteiger partial charge on any atom is 0.416 e. The highest BCUT2D eigenvalue weighted by molar-refractivity contribution is 5.95. The van der Waals surface area contributed by atoms with Gasteiger partial charge in [-0.2, -0.15) is 13.2 Å². The van der Waals surface area contributed by atoms with Crippen LogP contribution in [0.2, 0.25) is 0 Å². The van der Waals surface area contributed by atoms with Crippen LogP contribution in [0.25, 0.3) is 0 Å². The number of hydrogen-bond donors (Lipinski definition) is 1. The third-order valence-corrected chi connectivity index (χ3v) is 4.84. The van der Waals surface area contributed by atoms with E-state index in [0.717, 1.165) is 31.8 Å². The molecule has 0 saturated carbocycles. The third-order valence-electron chi connectivity index (χ3n) is 4.84. The minimum atomic E-state index is -4.48. The van der Waals surface area contributed by atoms with Gasteiger partial charge in [-0.3, -0.25) is 9.69 Å². The van der Waals surface area contributed by atoms with Crippen molar-refractivity contribution >= 4 is 17.3 Å². The van der Waals surface area contributed by atoms with Gasteiger partial charge in [-0.05, 0) is 23.8 Å². The van der Waals surface area contributed by atoms with Crippen molar-refractivity contribution in [1.82, 2.24) is 4.90 Å². The summed E-state index contributed by atoms with van der Waals surface area (Å²) in [6, 6.07) is 13.6. The fraction of sp³-hybridized carbons (Fsp3) is 0.381. The summed E-state index contributed by atoms with van der Waals surface area (Å²) in [4.78, 5) is 16.2. The number of alkyl halides is 3. The van der Waals surface area contributed by atoms with Crippen LogP contribution in [-0.4, -0.2) is 50.7 Å². The highest BCUT2D eigenvalue weighted by Gasteiger charge is 2.32. The molecule has 1 amide bonds. The van der Waals surface area contributed by atoms with Crippen LogP contribution in [0.1, 0.15) is 11.1 Å². The molecule has 0 radical (unpaired) electrons. The van der Waals surface area contributed by atoms with Crippen molar-refractivity contribution in [3.05, 3.63) is 59.7 Å². The van der Waals surface area contributed by atoms with Crippen LogP contribution in [0.15, 0.2) is 48.5 Å². The van der Waals surface area contributed by atoms with E-state index in [1.807, 2.05) is 23.1 Å². The van der Waals surface area contributed by atoms with Gasteiger partial charge < -0.3 is 15.0 Å². The van der Waals surface area contributed by atoms with Gasteiger partial charge in [0.25, 0.3) is 0 Å². The number of nitrogens with zero attached hydrogens (tertiary/aromatic N) is 2. The Balaban J connectivity index is 1.73. The highest BCUT2D eigenvalue weighted by Crippen LogP contribution is 2.36. The summed E-state index contributed by atoms with van der Waals surface area (Å²) in [6.45, 7) is 3.49. The molecular formula is C21H24F3N3O2. The van der Waals surface area contributed by atoms with E-state index in [9.17, 15) is 18.0 Å². The number of hydrogen-bond acceptors (Lipinski definition) is 4. The van der Waals surface area contributed by atoms with Gasteiger partial charge in [0.1, 0.15) is 6.61 Å². The summed E-state index contributed by atoms with van der Waals surface area (Å²) in [7, 11) is 1.36. The molecular weight excluding hydrogens is 383 g/mol. The summed E-state index contributed by atoms with van der Waals surface area (Å²) in [5, 5.41) is 2.55. The Kier molecular flexibility index (Phi) is 6.76. The average molecular weight is 407 g/mol. The van der Waals surface area contributed by atoms with Gasteiger partial charge >= 0.3 is 6.18 Å². The number of anilines is 2. The van der Waals surface area contributed by atoms with E-state index in [-0.39, 0.29) is 12.3 Å². The van der Waals surface area contributed by atoms with Crippen molar-refractivity contribution in [1.29, 1.82) is 0 Å². The summed E-state index contributed by atoms with van der Waals surface area (Å²) >= 11 is 0. The van der Waals surface area contributed by atoms with Gasteiger partial charge in [-0.1, -0.05) is 30.3 Å². The summed E-state index contributed by atoms with van der Waals surface area (Å²) < 4.78 is 44.2. The van der Waals surface area contributed by atoms with Crippen LogP contribution in [0.3, 0.4) is 0 Å². The average Bonchev–Trinajstić information content (AvgIpc) is 2.69. The van der Waals surface area contributed by atoms with Crippen LogP contribution in [0.5, 0.6) is 0 Å². The molecule has 2 aromatic carbocycles. The van der Waals surface area contributed by atoms with Gasteiger partial charge in [0.05, 0.1) is 16.9 Å². The van der Waals surface area contributed by atoms with Gasteiger partial charge in [-0.25, -0.2) is 0 Å². The Labute approximate surface area is 168 Å². The lowest BCUT2D eigenvalue weighted by Crippen LogP contribution is -2.46. The molecule has 1 heterocycles. The Morgan fingerprint density at radius 2 is 1.76 bits per heavy atom. The largest absolute Gasteiger partial charge is 0.416 e. The number of halogens is 3. The lowest BCUT2D eigenvalue weighted by Gasteiger charge is -2.37. The molecule has 156 valence electrons. The molecule has 29 heavy (non-hydrogen) atoms. The van der Waals surface area contributed by atoms with E-state index in [0.29, 0.717) is 18.8 Å². The number of carbonyl (C=O) groups is 1. The van der Waals surface area contributed by atoms with Crippen molar-refractivity contribution in [3.63, 3.8) is 0 Å². The zero-order chi connectivity index (χ0) is 20.9. The number of rotatable bonds is 6. The number of piperazine rings is 1. The molecule has 1 fully saturated rings. The maximum absolute atomic E-state index is 13.1. The van der Waals surface area contributed by atoms with E-state index in [2.05, 4.69) is 22.3 Å². The first-order chi connectivity index (χ1) is 13.9. The Hall–Kier alpha value is -2.58. The van der Waals surface area contributed by atoms with Crippen molar-refractivity contribution in [2.75, 3.05) is 50.1 Å². The second-order valence-corrected chi connectivity index (χ2v) is 6.96. The minimum absolute atomic E-state index is 0.151. The maximum atomic E-state index is 13.1. The first-order valence-corrected chi connectivity index (χ1v) is 9.38. The Morgan fingerprint density at radius 1 is 1.07 bits per heavy atom. The monoisotopic (exact) mass is 407 g/mol. The van der Waals surface area contributed by atoms with Gasteiger partial charge in [0, 0.05) is 39.8 Å². The minimum Gasteiger partial charge on any atom is -0.375 e. The zero-order valence-electron chi connectivity index (χ0n) is 16.2. The molecule has 1 saturated heterocycles. The van der Waals surface area contributed by atoms with Gasteiger partial charge in [-0.15, -0.1) is 0 Å². The second kappa shape index (κ2) is 9.28. The number of ether oxygens (including phenoxy) is 1. The van der Waals surface area contributed by atoms with E-state index in [1.54, 1.807) is 0 Å². The number of carbonyl (C=O) groups excluding carboxylic acids is 1. The molecule has 0 atom stereocenters. The first-order valence-electron chi connectivity index (χ1n) is 9.38. The number of benzene rings is 2. The van der Waals surface area contributed by atoms with E-state index in [1.165, 1.54) is 18.7 Å². The van der Waals surface area contributed by atoms with Crippen molar-refractivity contribution in [2.24, 2.45) is 0 Å². The molecule has 1 N–H and O–H groups in total. The van der Waals surface area contributed by atoms with Crippen molar-refractivity contribution in [2.45, 2.75) is 12.7 Å². The molecule has 0 unspecified atom stereocenters. The predicted octanol–water partition coefficient (Wildman–Crippen LogP) is 3.61. The molecule has 5 nitrogen and oxygen atoms in total. The molecule has 8 heteroatoms. The fourth-order valence-corrected chi connectivity index (χ4v) is 3.39. The molecule has 3 rings (SSSR count). The van der Waals surface area contributed by atoms with Gasteiger partial charge in [0.15, 0.2) is 0 Å². The fourth-order valence-electron chi connectivity index (χ4n) is 3.39. The van der Waals surface area contributed by atoms with Crippen molar-refractivity contribution < 1.29 is 22.7 Å². The number of amides is 1. The molecule has 0 bridgehead atoms. The van der Waals surface area contributed by atoms with Crippen LogP contribution < -0.4 is 10.2 Å². The smallest absolute Gasteiger partial charge is 0.375 e.